The Morgan fingerprint density at radius 3 is 2.49 bits per heavy atom. The van der Waals surface area contributed by atoms with E-state index in [1.54, 1.807) is 28.0 Å². The first kappa shape index (κ1) is 22.3. The van der Waals surface area contributed by atoms with E-state index in [4.69, 9.17) is 0 Å². The van der Waals surface area contributed by atoms with Gasteiger partial charge in [-0.3, -0.25) is 14.3 Å². The van der Waals surface area contributed by atoms with Crippen molar-refractivity contribution in [3.05, 3.63) is 72.1 Å². The first-order chi connectivity index (χ1) is 16.9. The smallest absolute Gasteiger partial charge is 0.352 e. The Hall–Kier alpha value is -4.53. The fraction of sp³-hybridized carbons (Fsp3) is 0.217. The summed E-state index contributed by atoms with van der Waals surface area (Å²) < 4.78 is 43.4. The van der Waals surface area contributed by atoms with E-state index in [-0.39, 0.29) is 47.2 Å². The van der Waals surface area contributed by atoms with Crippen molar-refractivity contribution in [2.75, 3.05) is 31.1 Å². The maximum absolute atomic E-state index is 14.1. The highest BCUT2D eigenvalue weighted by molar-refractivity contribution is 5.94. The zero-order valence-corrected chi connectivity index (χ0v) is 18.1. The van der Waals surface area contributed by atoms with Crippen LogP contribution in [0.2, 0.25) is 0 Å². The van der Waals surface area contributed by atoms with Crippen molar-refractivity contribution < 1.29 is 18.0 Å². The first-order valence-corrected chi connectivity index (χ1v) is 10.6. The molecule has 9 nitrogen and oxygen atoms in total. The summed E-state index contributed by atoms with van der Waals surface area (Å²) in [4.78, 5) is 32.5. The number of nitriles is 1. The summed E-state index contributed by atoms with van der Waals surface area (Å²) >= 11 is 0. The molecule has 0 unspecified atom stereocenters. The molecule has 0 saturated carbocycles. The molecule has 1 amide bonds. The van der Waals surface area contributed by atoms with Crippen molar-refractivity contribution in [3.63, 3.8) is 0 Å². The van der Waals surface area contributed by atoms with Crippen LogP contribution in [0, 0.1) is 11.3 Å². The minimum absolute atomic E-state index is 0.0249. The van der Waals surface area contributed by atoms with Crippen molar-refractivity contribution >= 4 is 22.8 Å². The van der Waals surface area contributed by atoms with Gasteiger partial charge in [0, 0.05) is 44.8 Å². The highest BCUT2D eigenvalue weighted by Crippen LogP contribution is 2.40. The van der Waals surface area contributed by atoms with Crippen LogP contribution in [0.3, 0.4) is 0 Å². The summed E-state index contributed by atoms with van der Waals surface area (Å²) in [6, 6.07) is 9.87. The van der Waals surface area contributed by atoms with E-state index < -0.39 is 11.7 Å². The van der Waals surface area contributed by atoms with Crippen LogP contribution in [0.4, 0.5) is 19.0 Å². The average Bonchev–Trinajstić information content (AvgIpc) is 3.30. The number of carbonyl (C=O) groups is 1. The van der Waals surface area contributed by atoms with Crippen molar-refractivity contribution in [3.8, 4) is 11.9 Å². The van der Waals surface area contributed by atoms with Crippen LogP contribution in [0.1, 0.15) is 21.6 Å². The summed E-state index contributed by atoms with van der Waals surface area (Å²) in [5.74, 6) is 0.0334. The Bertz CT molecular complexity index is 1440. The van der Waals surface area contributed by atoms with E-state index in [0.29, 0.717) is 18.8 Å². The number of anilines is 1. The van der Waals surface area contributed by atoms with Crippen LogP contribution in [-0.2, 0) is 6.18 Å². The zero-order chi connectivity index (χ0) is 24.6. The second kappa shape index (κ2) is 8.68. The molecule has 176 valence electrons. The van der Waals surface area contributed by atoms with E-state index in [1.165, 1.54) is 35.4 Å². The van der Waals surface area contributed by atoms with E-state index in [2.05, 4.69) is 19.9 Å². The molecule has 0 N–H and O–H groups in total. The summed E-state index contributed by atoms with van der Waals surface area (Å²) in [7, 11) is 0. The number of rotatable bonds is 3. The van der Waals surface area contributed by atoms with Crippen molar-refractivity contribution in [2.24, 2.45) is 0 Å². The second-order valence-corrected chi connectivity index (χ2v) is 7.82. The number of hydrogen-bond donors (Lipinski definition) is 0. The highest BCUT2D eigenvalue weighted by Gasteiger charge is 2.38. The average molecular weight is 478 g/mol. The number of amides is 1. The molecule has 5 rings (SSSR count). The van der Waals surface area contributed by atoms with Crippen LogP contribution in [0.5, 0.6) is 0 Å². The number of nitrogens with zero attached hydrogens (tertiary/aromatic N) is 8. The Balaban J connectivity index is 1.51. The summed E-state index contributed by atoms with van der Waals surface area (Å²) in [5, 5.41) is 9.01. The molecule has 0 aromatic carbocycles. The topological polar surface area (TPSA) is 104 Å². The lowest BCUT2D eigenvalue weighted by atomic mass is 10.2. The Morgan fingerprint density at radius 2 is 1.80 bits per heavy atom. The number of carbonyl (C=O) groups excluding carboxylic acids is 1. The summed E-state index contributed by atoms with van der Waals surface area (Å²) in [5.41, 5.74) is -0.307. The minimum atomic E-state index is -4.67. The quantitative estimate of drug-likeness (QED) is 0.446. The van der Waals surface area contributed by atoms with Crippen LogP contribution in [0.15, 0.2) is 55.2 Å². The van der Waals surface area contributed by atoms with Gasteiger partial charge in [0.05, 0.1) is 22.6 Å². The van der Waals surface area contributed by atoms with Gasteiger partial charge in [0.2, 0.25) is 0 Å². The van der Waals surface area contributed by atoms with E-state index in [1.807, 2.05) is 6.07 Å². The third kappa shape index (κ3) is 4.12. The molecule has 0 aliphatic carbocycles. The van der Waals surface area contributed by atoms with Crippen LogP contribution in [-0.4, -0.2) is 61.5 Å². The number of piperazine rings is 1. The Morgan fingerprint density at radius 1 is 1.00 bits per heavy atom. The Kier molecular flexibility index (Phi) is 5.52. The molecule has 1 saturated heterocycles. The molecule has 1 aliphatic heterocycles. The maximum atomic E-state index is 14.1. The third-order valence-electron chi connectivity index (χ3n) is 5.74. The summed E-state index contributed by atoms with van der Waals surface area (Å²) in [6.45, 7) is 1.17. The number of pyridine rings is 2. The molecule has 0 radical (unpaired) electrons. The third-order valence-corrected chi connectivity index (χ3v) is 5.74. The molecular formula is C23H17F3N8O. The fourth-order valence-electron chi connectivity index (χ4n) is 4.07. The van der Waals surface area contributed by atoms with Gasteiger partial charge < -0.3 is 9.80 Å². The normalized spacial score (nSPS) is 14.2. The zero-order valence-electron chi connectivity index (χ0n) is 18.1. The largest absolute Gasteiger partial charge is 0.418 e. The molecular weight excluding hydrogens is 461 g/mol. The fourth-order valence-corrected chi connectivity index (χ4v) is 4.07. The van der Waals surface area contributed by atoms with Crippen molar-refractivity contribution in [2.45, 2.75) is 6.18 Å². The van der Waals surface area contributed by atoms with Gasteiger partial charge in [-0.05, 0) is 24.3 Å². The van der Waals surface area contributed by atoms with E-state index >= 15 is 0 Å². The molecule has 0 atom stereocenters. The number of alkyl halides is 3. The van der Waals surface area contributed by atoms with Crippen molar-refractivity contribution in [1.82, 2.24) is 29.4 Å². The lowest BCUT2D eigenvalue weighted by Gasteiger charge is -2.35. The van der Waals surface area contributed by atoms with Gasteiger partial charge in [0.1, 0.15) is 23.7 Å². The van der Waals surface area contributed by atoms with Gasteiger partial charge in [0.15, 0.2) is 5.65 Å². The number of fused-ring (bicyclic) bond motifs is 1. The molecule has 5 heterocycles. The second-order valence-electron chi connectivity index (χ2n) is 7.82. The number of hydrogen-bond acceptors (Lipinski definition) is 7. The molecule has 1 fully saturated rings. The van der Waals surface area contributed by atoms with Gasteiger partial charge >= 0.3 is 6.18 Å². The monoisotopic (exact) mass is 478 g/mol. The molecule has 4 aromatic heterocycles. The van der Waals surface area contributed by atoms with E-state index in [0.717, 1.165) is 6.20 Å². The number of aromatic nitrogens is 5. The van der Waals surface area contributed by atoms with Gasteiger partial charge in [0.25, 0.3) is 5.91 Å². The molecule has 0 bridgehead atoms. The van der Waals surface area contributed by atoms with Crippen LogP contribution < -0.4 is 4.90 Å². The molecule has 0 spiro atoms. The van der Waals surface area contributed by atoms with Crippen LogP contribution >= 0.6 is 0 Å². The molecule has 4 aromatic rings. The SMILES string of the molecule is N#Cc1ccnc(-n2cc(C(F)(F)F)c3c(N4CCN(C(=O)c5ccccn5)CC4)ncnc32)c1. The lowest BCUT2D eigenvalue weighted by molar-refractivity contribution is -0.136. The molecule has 12 heteroatoms. The van der Waals surface area contributed by atoms with Gasteiger partial charge in [-0.15, -0.1) is 0 Å². The minimum Gasteiger partial charge on any atom is -0.352 e. The number of halogens is 3. The first-order valence-electron chi connectivity index (χ1n) is 10.6. The van der Waals surface area contributed by atoms with Crippen LogP contribution in [0.25, 0.3) is 16.9 Å². The maximum Gasteiger partial charge on any atom is 0.418 e. The Labute approximate surface area is 197 Å². The predicted octanol–water partition coefficient (Wildman–Crippen LogP) is 3.06. The predicted molar refractivity (Wildman–Crippen MR) is 119 cm³/mol. The van der Waals surface area contributed by atoms with Gasteiger partial charge in [-0.2, -0.15) is 18.4 Å². The lowest BCUT2D eigenvalue weighted by Crippen LogP contribution is -2.49. The van der Waals surface area contributed by atoms with Crippen molar-refractivity contribution in [1.29, 1.82) is 5.26 Å². The standard InChI is InChI=1S/C23H17F3N8O/c24-23(25,26)16-13-34(18-11-15(12-27)4-6-29-18)21-19(16)20(30-14-31-21)32-7-9-33(10-8-32)22(35)17-3-1-2-5-28-17/h1-6,11,13-14H,7-10H2. The van der Waals surface area contributed by atoms with Gasteiger partial charge in [-0.1, -0.05) is 6.07 Å². The van der Waals surface area contributed by atoms with E-state index in [9.17, 15) is 23.2 Å². The molecule has 35 heavy (non-hydrogen) atoms. The summed E-state index contributed by atoms with van der Waals surface area (Å²) in [6.07, 6.45) is 0.339. The highest BCUT2D eigenvalue weighted by atomic mass is 19.4. The van der Waals surface area contributed by atoms with Gasteiger partial charge in [-0.25, -0.2) is 15.0 Å². The molecule has 1 aliphatic rings.